The van der Waals surface area contributed by atoms with Gasteiger partial charge >= 0.3 is 0 Å². The van der Waals surface area contributed by atoms with Gasteiger partial charge in [-0.2, -0.15) is 0 Å². The monoisotopic (exact) mass is 674 g/mol. The fourth-order valence-electron chi connectivity index (χ4n) is 9.80. The Morgan fingerprint density at radius 3 is 2.25 bits per heavy atom. The molecule has 5 aromatic carbocycles. The van der Waals surface area contributed by atoms with E-state index in [2.05, 4.69) is 166 Å². The van der Waals surface area contributed by atoms with Crippen LogP contribution in [0.4, 0.5) is 0 Å². The van der Waals surface area contributed by atoms with Gasteiger partial charge < -0.3 is 0 Å². The largest absolute Gasteiger partial charge is 0.295 e. The minimum Gasteiger partial charge on any atom is -0.295 e. The number of hydrogen-bond acceptors (Lipinski definition) is 2. The highest BCUT2D eigenvalue weighted by Crippen LogP contribution is 2.63. The van der Waals surface area contributed by atoms with E-state index in [0.717, 1.165) is 17.8 Å². The van der Waals surface area contributed by atoms with Crippen molar-refractivity contribution in [3.8, 4) is 44.8 Å². The summed E-state index contributed by atoms with van der Waals surface area (Å²) in [6, 6.07) is 45.6. The van der Waals surface area contributed by atoms with Gasteiger partial charge in [0, 0.05) is 27.6 Å². The lowest BCUT2D eigenvalue weighted by molar-refractivity contribution is 0.581. The van der Waals surface area contributed by atoms with Crippen LogP contribution in [0.2, 0.25) is 0 Å². The van der Waals surface area contributed by atoms with Crippen LogP contribution in [0.1, 0.15) is 77.9 Å². The Morgan fingerprint density at radius 1 is 0.686 bits per heavy atom. The summed E-state index contributed by atoms with van der Waals surface area (Å²) in [6.07, 6.45) is 5.82. The highest BCUT2D eigenvalue weighted by Gasteiger charge is 2.47. The second-order valence-corrected chi connectivity index (χ2v) is 16.9. The first-order chi connectivity index (χ1) is 24.8. The highest BCUT2D eigenvalue weighted by molar-refractivity contribution is 8.00. The van der Waals surface area contributed by atoms with Crippen molar-refractivity contribution in [3.05, 3.63) is 166 Å². The van der Waals surface area contributed by atoms with E-state index in [1.54, 1.807) is 0 Å². The Labute approximate surface area is 303 Å². The summed E-state index contributed by atoms with van der Waals surface area (Å²) in [5.74, 6) is 0.351. The molecule has 3 unspecified atom stereocenters. The Bertz CT molecular complexity index is 2660. The van der Waals surface area contributed by atoms with E-state index in [9.17, 15) is 0 Å². The summed E-state index contributed by atoms with van der Waals surface area (Å²) in [5, 5.41) is 0.309. The number of pyridine rings is 1. The van der Waals surface area contributed by atoms with E-state index in [1.165, 1.54) is 83.0 Å². The van der Waals surface area contributed by atoms with E-state index in [4.69, 9.17) is 4.98 Å². The molecule has 3 heterocycles. The molecule has 4 aliphatic rings. The molecule has 7 aromatic rings. The van der Waals surface area contributed by atoms with Crippen LogP contribution in [0.5, 0.6) is 0 Å². The molecule has 1 aliphatic heterocycles. The van der Waals surface area contributed by atoms with Gasteiger partial charge in [-0.25, -0.2) is 4.98 Å². The van der Waals surface area contributed by atoms with E-state index in [1.807, 2.05) is 11.8 Å². The Morgan fingerprint density at radius 2 is 1.39 bits per heavy atom. The van der Waals surface area contributed by atoms with Gasteiger partial charge in [0.05, 0.1) is 22.0 Å². The third kappa shape index (κ3) is 3.93. The minimum atomic E-state index is -0.130. The maximum absolute atomic E-state index is 5.59. The zero-order valence-electron chi connectivity index (χ0n) is 29.4. The third-order valence-electron chi connectivity index (χ3n) is 12.5. The van der Waals surface area contributed by atoms with Crippen LogP contribution in [0, 0.1) is 0 Å². The Balaban J connectivity index is 1.10. The minimum absolute atomic E-state index is 0.0123. The summed E-state index contributed by atoms with van der Waals surface area (Å²) >= 11 is 2.01. The number of imidazole rings is 1. The van der Waals surface area contributed by atoms with Crippen molar-refractivity contribution in [1.29, 1.82) is 0 Å². The number of benzene rings is 5. The fraction of sp³-hybridized carbons (Fsp3) is 0.188. The van der Waals surface area contributed by atoms with Crippen molar-refractivity contribution >= 4 is 23.5 Å². The van der Waals surface area contributed by atoms with Crippen LogP contribution < -0.4 is 0 Å². The molecule has 3 heteroatoms. The average molecular weight is 675 g/mol. The van der Waals surface area contributed by atoms with Crippen molar-refractivity contribution in [3.63, 3.8) is 0 Å². The number of allylic oxidation sites excluding steroid dienone is 1. The van der Waals surface area contributed by atoms with Gasteiger partial charge in [-0.3, -0.25) is 4.40 Å². The number of aromatic nitrogens is 2. The third-order valence-corrected chi connectivity index (χ3v) is 14.1. The maximum atomic E-state index is 5.59. The lowest BCUT2D eigenvalue weighted by atomic mass is 9.73. The van der Waals surface area contributed by atoms with E-state index in [0.29, 0.717) is 11.2 Å². The van der Waals surface area contributed by atoms with Gasteiger partial charge in [-0.1, -0.05) is 149 Å². The second kappa shape index (κ2) is 10.2. The standard InChI is InChI=1S/C48H38N2S/c1-28-25-33-12-6-7-13-34(33)42-43(28)50-41(27-40-44(46(50)49-42)51-45-35-14-8-5-11-30(35)23-24-48(40,45)4)31-19-17-29(18-20-31)32-21-22-39-37(26-32)36-15-9-10-16-38(36)47(39,2)3/h5-24,26-28,45H,25H2,1-4H3. The molecule has 0 N–H and O–H groups in total. The van der Waals surface area contributed by atoms with Crippen molar-refractivity contribution in [2.24, 2.45) is 0 Å². The summed E-state index contributed by atoms with van der Waals surface area (Å²) in [4.78, 5) is 6.92. The van der Waals surface area contributed by atoms with Crippen molar-refractivity contribution in [2.75, 3.05) is 0 Å². The zero-order chi connectivity index (χ0) is 34.2. The maximum Gasteiger partial charge on any atom is 0.152 e. The molecule has 3 aliphatic carbocycles. The molecule has 0 spiro atoms. The molecule has 11 rings (SSSR count). The van der Waals surface area contributed by atoms with Crippen molar-refractivity contribution in [2.45, 2.75) is 61.0 Å². The predicted octanol–water partition coefficient (Wildman–Crippen LogP) is 12.4. The first-order valence-corrected chi connectivity index (χ1v) is 19.2. The number of nitrogens with zero attached hydrogens (tertiary/aromatic N) is 2. The number of hydrogen-bond donors (Lipinski definition) is 0. The SMILES string of the molecule is CC1Cc2ccccc2-c2nc3c4c(cc(-c5ccc(-c6ccc7c(c6)-c6ccccc6C7(C)C)cc5)n3c21)C1(C)C=Cc2ccccc2C1S4. The molecule has 51 heavy (non-hydrogen) atoms. The highest BCUT2D eigenvalue weighted by atomic mass is 32.2. The molecule has 0 bridgehead atoms. The molecule has 2 aromatic heterocycles. The summed E-state index contributed by atoms with van der Waals surface area (Å²) in [7, 11) is 0. The Kier molecular flexibility index (Phi) is 5.94. The van der Waals surface area contributed by atoms with Gasteiger partial charge in [0.25, 0.3) is 0 Å². The van der Waals surface area contributed by atoms with Gasteiger partial charge in [0.2, 0.25) is 0 Å². The molecule has 2 nitrogen and oxygen atoms in total. The van der Waals surface area contributed by atoms with Crippen LogP contribution in [0.25, 0.3) is 56.5 Å². The van der Waals surface area contributed by atoms with Crippen LogP contribution in [-0.2, 0) is 17.3 Å². The van der Waals surface area contributed by atoms with Gasteiger partial charge in [0.1, 0.15) is 0 Å². The smallest absolute Gasteiger partial charge is 0.152 e. The molecule has 0 amide bonds. The van der Waals surface area contributed by atoms with E-state index >= 15 is 0 Å². The molecular formula is C48H38N2S. The number of thioether (sulfide) groups is 1. The predicted molar refractivity (Wildman–Crippen MR) is 213 cm³/mol. The van der Waals surface area contributed by atoms with E-state index < -0.39 is 0 Å². The molecule has 0 saturated heterocycles. The van der Waals surface area contributed by atoms with Crippen LogP contribution in [-0.4, -0.2) is 9.38 Å². The summed E-state index contributed by atoms with van der Waals surface area (Å²) in [6.45, 7) is 9.51. The second-order valence-electron chi connectivity index (χ2n) is 15.8. The lowest BCUT2D eigenvalue weighted by Crippen LogP contribution is -2.25. The first kappa shape index (κ1) is 29.6. The Hall–Kier alpha value is -5.12. The fourth-order valence-corrected chi connectivity index (χ4v) is 11.5. The summed E-state index contributed by atoms with van der Waals surface area (Å²) in [5.41, 5.74) is 20.8. The van der Waals surface area contributed by atoms with Gasteiger partial charge in [-0.05, 0) is 79.8 Å². The van der Waals surface area contributed by atoms with Crippen molar-refractivity contribution in [1.82, 2.24) is 9.38 Å². The number of rotatable bonds is 2. The normalized spacial score (nSPS) is 21.3. The molecule has 0 fully saturated rings. The molecule has 246 valence electrons. The topological polar surface area (TPSA) is 17.3 Å². The molecular weight excluding hydrogens is 637 g/mol. The molecule has 0 saturated carbocycles. The average Bonchev–Trinajstić information content (AvgIpc) is 3.78. The van der Waals surface area contributed by atoms with Crippen LogP contribution in [0.3, 0.4) is 0 Å². The van der Waals surface area contributed by atoms with Gasteiger partial charge in [0.15, 0.2) is 5.65 Å². The van der Waals surface area contributed by atoms with Gasteiger partial charge in [-0.15, -0.1) is 11.8 Å². The first-order valence-electron chi connectivity index (χ1n) is 18.3. The molecule has 0 radical (unpaired) electrons. The summed E-state index contributed by atoms with van der Waals surface area (Å²) < 4.78 is 2.53. The lowest BCUT2D eigenvalue weighted by Gasteiger charge is -2.33. The van der Waals surface area contributed by atoms with E-state index in [-0.39, 0.29) is 10.8 Å². The van der Waals surface area contributed by atoms with Crippen molar-refractivity contribution < 1.29 is 0 Å². The quantitative estimate of drug-likeness (QED) is 0.182. The van der Waals surface area contributed by atoms with Crippen LogP contribution >= 0.6 is 11.8 Å². The zero-order valence-corrected chi connectivity index (χ0v) is 30.2. The van der Waals surface area contributed by atoms with Crippen LogP contribution in [0.15, 0.2) is 132 Å². The molecule has 3 atom stereocenters. The number of fused-ring (bicyclic) bond motifs is 14.